The average Bonchev–Trinajstić information content (AvgIpc) is 3.23. The van der Waals surface area contributed by atoms with Crippen LogP contribution in [0.3, 0.4) is 0 Å². The number of hydrogen-bond donors (Lipinski definition) is 2. The van der Waals surface area contributed by atoms with Gasteiger partial charge in [0.25, 0.3) is 11.8 Å². The molecule has 0 unspecified atom stereocenters. The van der Waals surface area contributed by atoms with Gasteiger partial charge in [0.1, 0.15) is 11.3 Å². The average molecular weight is 452 g/mol. The maximum atomic E-state index is 12.0. The zero-order chi connectivity index (χ0) is 24.1. The van der Waals surface area contributed by atoms with Crippen LogP contribution < -0.4 is 16.2 Å². The zero-order valence-electron chi connectivity index (χ0n) is 18.8. The standard InChI is InChI=1S/C28H25N3O3/c1-2-34-23-15-13-22(14-16-23)31-25(19-9-5-3-6-10-19)18-21(17-24(27(29)32)28(30)33)26(31)20-11-7-4-8-12-20/h3-18H,2H2,1H3,(H2,29,32)(H2,30,33). The quantitative estimate of drug-likeness (QED) is 0.233. The van der Waals surface area contributed by atoms with Crippen LogP contribution in [0.4, 0.5) is 0 Å². The first-order chi connectivity index (χ1) is 16.5. The Morgan fingerprint density at radius 2 is 1.38 bits per heavy atom. The lowest BCUT2D eigenvalue weighted by molar-refractivity contribution is -0.120. The number of aromatic nitrogens is 1. The van der Waals surface area contributed by atoms with Crippen LogP contribution in [0.15, 0.2) is 96.6 Å². The molecule has 0 fully saturated rings. The monoisotopic (exact) mass is 451 g/mol. The van der Waals surface area contributed by atoms with E-state index >= 15 is 0 Å². The second kappa shape index (κ2) is 9.92. The van der Waals surface area contributed by atoms with Gasteiger partial charge in [-0.1, -0.05) is 60.7 Å². The summed E-state index contributed by atoms with van der Waals surface area (Å²) in [7, 11) is 0. The van der Waals surface area contributed by atoms with Crippen LogP contribution in [-0.2, 0) is 9.59 Å². The fourth-order valence-electron chi connectivity index (χ4n) is 3.90. The highest BCUT2D eigenvalue weighted by Gasteiger charge is 2.21. The highest BCUT2D eigenvalue weighted by Crippen LogP contribution is 2.37. The van der Waals surface area contributed by atoms with E-state index in [1.165, 1.54) is 6.08 Å². The number of carbonyl (C=O) groups excluding carboxylic acids is 2. The van der Waals surface area contributed by atoms with Crippen LogP contribution in [0, 0.1) is 0 Å². The Kier molecular flexibility index (Phi) is 6.59. The molecule has 0 atom stereocenters. The highest BCUT2D eigenvalue weighted by atomic mass is 16.5. The summed E-state index contributed by atoms with van der Waals surface area (Å²) >= 11 is 0. The molecule has 0 aliphatic carbocycles. The van der Waals surface area contributed by atoms with E-state index in [1.54, 1.807) is 0 Å². The Morgan fingerprint density at radius 3 is 1.91 bits per heavy atom. The van der Waals surface area contributed by atoms with Crippen molar-refractivity contribution in [3.8, 4) is 34.0 Å². The molecule has 4 N–H and O–H groups in total. The molecular formula is C28H25N3O3. The zero-order valence-corrected chi connectivity index (χ0v) is 18.8. The molecule has 6 heteroatoms. The van der Waals surface area contributed by atoms with Crippen molar-refractivity contribution in [3.63, 3.8) is 0 Å². The van der Waals surface area contributed by atoms with Crippen molar-refractivity contribution in [2.75, 3.05) is 6.61 Å². The molecule has 3 aromatic carbocycles. The van der Waals surface area contributed by atoms with Crippen LogP contribution in [0.5, 0.6) is 5.75 Å². The van der Waals surface area contributed by atoms with Crippen molar-refractivity contribution in [2.45, 2.75) is 6.92 Å². The Morgan fingerprint density at radius 1 is 0.824 bits per heavy atom. The number of nitrogens with zero attached hydrogens (tertiary/aromatic N) is 1. The first kappa shape index (κ1) is 22.6. The number of ether oxygens (including phenoxy) is 1. The summed E-state index contributed by atoms with van der Waals surface area (Å²) in [5.41, 5.74) is 15.7. The minimum Gasteiger partial charge on any atom is -0.494 e. The van der Waals surface area contributed by atoms with Gasteiger partial charge < -0.3 is 20.8 Å². The third kappa shape index (κ3) is 4.61. The summed E-state index contributed by atoms with van der Waals surface area (Å²) in [6.07, 6.45) is 1.46. The smallest absolute Gasteiger partial charge is 0.254 e. The van der Waals surface area contributed by atoms with Gasteiger partial charge in [0.05, 0.1) is 18.0 Å². The van der Waals surface area contributed by atoms with E-state index in [1.807, 2.05) is 97.9 Å². The fraction of sp³-hybridized carbons (Fsp3) is 0.0714. The minimum atomic E-state index is -0.874. The fourth-order valence-corrected chi connectivity index (χ4v) is 3.90. The van der Waals surface area contributed by atoms with Crippen LogP contribution in [-0.4, -0.2) is 23.0 Å². The van der Waals surface area contributed by atoms with Crippen LogP contribution in [0.1, 0.15) is 12.5 Å². The molecule has 0 aliphatic rings. The predicted molar refractivity (Wildman–Crippen MR) is 134 cm³/mol. The lowest BCUT2D eigenvalue weighted by atomic mass is 10.0. The van der Waals surface area contributed by atoms with E-state index in [2.05, 4.69) is 4.57 Å². The number of hydrogen-bond acceptors (Lipinski definition) is 3. The van der Waals surface area contributed by atoms with E-state index in [0.717, 1.165) is 34.0 Å². The van der Waals surface area contributed by atoms with E-state index in [0.29, 0.717) is 12.2 Å². The van der Waals surface area contributed by atoms with E-state index in [-0.39, 0.29) is 5.57 Å². The summed E-state index contributed by atoms with van der Waals surface area (Å²) in [4.78, 5) is 23.9. The number of nitrogens with two attached hydrogens (primary N) is 2. The molecule has 1 aromatic heterocycles. The molecule has 0 radical (unpaired) electrons. The van der Waals surface area contributed by atoms with Crippen molar-refractivity contribution in [2.24, 2.45) is 11.5 Å². The molecule has 0 saturated carbocycles. The number of primary amides is 2. The van der Waals surface area contributed by atoms with Gasteiger partial charge in [-0.25, -0.2) is 0 Å². The van der Waals surface area contributed by atoms with Crippen molar-refractivity contribution >= 4 is 17.9 Å². The van der Waals surface area contributed by atoms with Gasteiger partial charge in [-0.3, -0.25) is 9.59 Å². The van der Waals surface area contributed by atoms with Gasteiger partial charge in [-0.05, 0) is 54.5 Å². The molecule has 170 valence electrons. The summed E-state index contributed by atoms with van der Waals surface area (Å²) < 4.78 is 7.70. The molecule has 0 aliphatic heterocycles. The van der Waals surface area contributed by atoms with Gasteiger partial charge in [-0.15, -0.1) is 0 Å². The number of carbonyl (C=O) groups is 2. The van der Waals surface area contributed by atoms with Gasteiger partial charge in [-0.2, -0.15) is 0 Å². The SMILES string of the molecule is CCOc1ccc(-n2c(-c3ccccc3)cc(C=C(C(N)=O)C(N)=O)c2-c2ccccc2)cc1. The third-order valence-electron chi connectivity index (χ3n) is 5.38. The first-order valence-electron chi connectivity index (χ1n) is 10.9. The Labute approximate surface area is 198 Å². The summed E-state index contributed by atoms with van der Waals surface area (Å²) in [6.45, 7) is 2.51. The second-order valence-electron chi connectivity index (χ2n) is 7.61. The maximum absolute atomic E-state index is 12.0. The van der Waals surface area contributed by atoms with Crippen molar-refractivity contribution in [1.29, 1.82) is 0 Å². The van der Waals surface area contributed by atoms with Gasteiger partial charge in [0.15, 0.2) is 0 Å². The van der Waals surface area contributed by atoms with E-state index in [4.69, 9.17) is 16.2 Å². The van der Waals surface area contributed by atoms with Gasteiger partial charge in [0, 0.05) is 11.3 Å². The first-order valence-corrected chi connectivity index (χ1v) is 10.9. The molecule has 0 saturated heterocycles. The summed E-state index contributed by atoms with van der Waals surface area (Å²) in [6, 6.07) is 29.3. The molecule has 2 amide bonds. The Bertz CT molecular complexity index is 1320. The molecular weight excluding hydrogens is 426 g/mol. The molecule has 0 spiro atoms. The van der Waals surface area contributed by atoms with Crippen LogP contribution >= 0.6 is 0 Å². The third-order valence-corrected chi connectivity index (χ3v) is 5.38. The minimum absolute atomic E-state index is 0.263. The Hall–Kier alpha value is -4.58. The summed E-state index contributed by atoms with van der Waals surface area (Å²) in [5.74, 6) is -0.978. The number of benzene rings is 3. The van der Waals surface area contributed by atoms with E-state index in [9.17, 15) is 9.59 Å². The summed E-state index contributed by atoms with van der Waals surface area (Å²) in [5, 5.41) is 0. The number of amides is 2. The topological polar surface area (TPSA) is 100 Å². The van der Waals surface area contributed by atoms with Crippen molar-refractivity contribution in [3.05, 3.63) is 102 Å². The molecule has 34 heavy (non-hydrogen) atoms. The molecule has 0 bridgehead atoms. The maximum Gasteiger partial charge on any atom is 0.254 e. The largest absolute Gasteiger partial charge is 0.494 e. The lowest BCUT2D eigenvalue weighted by Crippen LogP contribution is -2.25. The van der Waals surface area contributed by atoms with E-state index < -0.39 is 11.8 Å². The highest BCUT2D eigenvalue weighted by molar-refractivity contribution is 6.21. The van der Waals surface area contributed by atoms with Crippen molar-refractivity contribution < 1.29 is 14.3 Å². The normalized spacial score (nSPS) is 10.5. The predicted octanol–water partition coefficient (Wildman–Crippen LogP) is 4.56. The lowest BCUT2D eigenvalue weighted by Gasteiger charge is -2.16. The van der Waals surface area contributed by atoms with Gasteiger partial charge in [0.2, 0.25) is 0 Å². The Balaban J connectivity index is 2.06. The van der Waals surface area contributed by atoms with Crippen LogP contribution in [0.2, 0.25) is 0 Å². The molecule has 4 rings (SSSR count). The van der Waals surface area contributed by atoms with Gasteiger partial charge >= 0.3 is 0 Å². The molecule has 4 aromatic rings. The van der Waals surface area contributed by atoms with Crippen molar-refractivity contribution in [1.82, 2.24) is 4.57 Å². The number of rotatable bonds is 8. The molecule has 1 heterocycles. The van der Waals surface area contributed by atoms with Crippen LogP contribution in [0.25, 0.3) is 34.3 Å². The second-order valence-corrected chi connectivity index (χ2v) is 7.61. The molecule has 6 nitrogen and oxygen atoms in total.